The molecular formula is C18H24N4O3S. The van der Waals surface area contributed by atoms with E-state index in [0.717, 1.165) is 16.8 Å². The summed E-state index contributed by atoms with van der Waals surface area (Å²) in [6, 6.07) is 11.3. The van der Waals surface area contributed by atoms with Gasteiger partial charge in [0, 0.05) is 38.8 Å². The highest BCUT2D eigenvalue weighted by molar-refractivity contribution is 7.86. The first-order chi connectivity index (χ1) is 12.3. The average molecular weight is 376 g/mol. The van der Waals surface area contributed by atoms with E-state index < -0.39 is 10.2 Å². The van der Waals surface area contributed by atoms with Crippen LogP contribution in [0.2, 0.25) is 0 Å². The Morgan fingerprint density at radius 3 is 2.31 bits per heavy atom. The van der Waals surface area contributed by atoms with Crippen LogP contribution < -0.4 is 5.56 Å². The fraction of sp³-hybridized carbons (Fsp3) is 0.444. The zero-order valence-electron chi connectivity index (χ0n) is 15.3. The van der Waals surface area contributed by atoms with Crippen LogP contribution in [0.15, 0.2) is 41.2 Å². The van der Waals surface area contributed by atoms with Gasteiger partial charge < -0.3 is 0 Å². The molecule has 1 saturated heterocycles. The molecule has 26 heavy (non-hydrogen) atoms. The predicted molar refractivity (Wildman–Crippen MR) is 101 cm³/mol. The second-order valence-corrected chi connectivity index (χ2v) is 8.89. The molecule has 0 atom stereocenters. The maximum atomic E-state index is 12.5. The Bertz CT molecular complexity index is 931. The van der Waals surface area contributed by atoms with Crippen LogP contribution in [0.1, 0.15) is 24.4 Å². The van der Waals surface area contributed by atoms with Gasteiger partial charge in [0.2, 0.25) is 0 Å². The monoisotopic (exact) mass is 376 g/mol. The Balaban J connectivity index is 1.86. The van der Waals surface area contributed by atoms with Crippen molar-refractivity contribution >= 4 is 10.2 Å². The van der Waals surface area contributed by atoms with Crippen LogP contribution in [0.3, 0.4) is 0 Å². The summed E-state index contributed by atoms with van der Waals surface area (Å²) < 4.78 is 28.7. The van der Waals surface area contributed by atoms with Gasteiger partial charge in [-0.3, -0.25) is 4.79 Å². The molecule has 0 aliphatic carbocycles. The smallest absolute Gasteiger partial charge is 0.268 e. The molecule has 0 saturated carbocycles. The van der Waals surface area contributed by atoms with Crippen molar-refractivity contribution in [1.82, 2.24) is 18.4 Å². The summed E-state index contributed by atoms with van der Waals surface area (Å²) in [6.45, 7) is 2.65. The van der Waals surface area contributed by atoms with Gasteiger partial charge in [-0.15, -0.1) is 0 Å². The van der Waals surface area contributed by atoms with E-state index in [9.17, 15) is 13.2 Å². The van der Waals surface area contributed by atoms with Gasteiger partial charge in [-0.05, 0) is 25.3 Å². The number of aromatic nitrogens is 2. The first-order valence-corrected chi connectivity index (χ1v) is 10.0. The molecule has 8 heteroatoms. The summed E-state index contributed by atoms with van der Waals surface area (Å²) in [4.78, 5) is 12.5. The van der Waals surface area contributed by atoms with E-state index in [1.807, 2.05) is 37.3 Å². The molecule has 2 aromatic rings. The van der Waals surface area contributed by atoms with Crippen molar-refractivity contribution in [1.29, 1.82) is 0 Å². The maximum Gasteiger partial charge on any atom is 0.281 e. The normalized spacial score (nSPS) is 16.9. The zero-order valence-corrected chi connectivity index (χ0v) is 16.1. The highest BCUT2D eigenvalue weighted by Crippen LogP contribution is 2.25. The average Bonchev–Trinajstić information content (AvgIpc) is 2.62. The van der Waals surface area contributed by atoms with Crippen LogP contribution in [-0.2, 0) is 10.2 Å². The van der Waals surface area contributed by atoms with E-state index in [1.165, 1.54) is 27.4 Å². The van der Waals surface area contributed by atoms with E-state index >= 15 is 0 Å². The van der Waals surface area contributed by atoms with Crippen LogP contribution >= 0.6 is 0 Å². The molecule has 7 nitrogen and oxygen atoms in total. The lowest BCUT2D eigenvalue weighted by Crippen LogP contribution is -2.45. The van der Waals surface area contributed by atoms with Gasteiger partial charge in [-0.25, -0.2) is 4.68 Å². The number of hydrogen-bond donors (Lipinski definition) is 0. The quantitative estimate of drug-likeness (QED) is 0.813. The van der Waals surface area contributed by atoms with Crippen molar-refractivity contribution in [2.45, 2.75) is 25.8 Å². The molecule has 1 fully saturated rings. The topological polar surface area (TPSA) is 75.5 Å². The summed E-state index contributed by atoms with van der Waals surface area (Å²) >= 11 is 0. The van der Waals surface area contributed by atoms with Gasteiger partial charge in [0.25, 0.3) is 15.8 Å². The summed E-state index contributed by atoms with van der Waals surface area (Å²) in [7, 11) is -0.360. The van der Waals surface area contributed by atoms with E-state index in [4.69, 9.17) is 0 Å². The lowest BCUT2D eigenvalue weighted by atomic mass is 10.1. The van der Waals surface area contributed by atoms with Gasteiger partial charge in [0.15, 0.2) is 0 Å². The van der Waals surface area contributed by atoms with E-state index in [-0.39, 0.29) is 11.6 Å². The van der Waals surface area contributed by atoms with Crippen molar-refractivity contribution in [2.75, 3.05) is 27.2 Å². The summed E-state index contributed by atoms with van der Waals surface area (Å²) in [5.74, 6) is 0. The highest BCUT2D eigenvalue weighted by atomic mass is 32.2. The molecule has 2 heterocycles. The van der Waals surface area contributed by atoms with Crippen molar-refractivity contribution in [3.8, 4) is 11.3 Å². The highest BCUT2D eigenvalue weighted by Gasteiger charge is 2.31. The van der Waals surface area contributed by atoms with Gasteiger partial charge in [-0.1, -0.05) is 30.3 Å². The minimum Gasteiger partial charge on any atom is -0.268 e. The molecule has 0 radical (unpaired) electrons. The molecule has 1 aromatic heterocycles. The number of piperidine rings is 1. The molecule has 1 aliphatic heterocycles. The molecule has 0 unspecified atom stereocenters. The fourth-order valence-corrected chi connectivity index (χ4v) is 4.38. The van der Waals surface area contributed by atoms with Crippen molar-refractivity contribution in [3.05, 3.63) is 52.3 Å². The van der Waals surface area contributed by atoms with Crippen LogP contribution in [0.25, 0.3) is 11.3 Å². The number of nitrogens with zero attached hydrogens (tertiary/aromatic N) is 4. The van der Waals surface area contributed by atoms with Crippen LogP contribution in [0.5, 0.6) is 0 Å². The first-order valence-electron chi connectivity index (χ1n) is 8.64. The van der Waals surface area contributed by atoms with Crippen LogP contribution in [0.4, 0.5) is 0 Å². The lowest BCUT2D eigenvalue weighted by Gasteiger charge is -2.33. The SMILES string of the molecule is Cc1cc(=O)n(C2CCN(S(=O)(=O)N(C)C)CC2)nc1-c1ccccc1. The fourth-order valence-electron chi connectivity index (χ4n) is 3.25. The second kappa shape index (κ2) is 7.30. The van der Waals surface area contributed by atoms with Gasteiger partial charge in [-0.2, -0.15) is 22.1 Å². The standard InChI is InChI=1S/C18H24N4O3S/c1-14-13-17(23)22(19-18(14)15-7-5-4-6-8-15)16-9-11-21(12-10-16)26(24,25)20(2)3/h4-8,13,16H,9-12H2,1-3H3. The molecule has 1 aliphatic rings. The minimum absolute atomic E-state index is 0.0980. The van der Waals surface area contributed by atoms with Crippen molar-refractivity contribution in [2.24, 2.45) is 0 Å². The first kappa shape index (κ1) is 18.8. The second-order valence-electron chi connectivity index (χ2n) is 6.75. The van der Waals surface area contributed by atoms with Gasteiger partial charge >= 0.3 is 0 Å². The van der Waals surface area contributed by atoms with Crippen molar-refractivity contribution < 1.29 is 8.42 Å². The molecule has 140 valence electrons. The zero-order chi connectivity index (χ0) is 18.9. The van der Waals surface area contributed by atoms with E-state index in [1.54, 1.807) is 6.07 Å². The predicted octanol–water partition coefficient (Wildman–Crippen LogP) is 1.66. The number of hydrogen-bond acceptors (Lipinski definition) is 4. The molecule has 0 amide bonds. The van der Waals surface area contributed by atoms with Crippen LogP contribution in [0, 0.1) is 6.92 Å². The summed E-state index contributed by atoms with van der Waals surface area (Å²) in [6.07, 6.45) is 1.13. The Morgan fingerprint density at radius 1 is 1.12 bits per heavy atom. The number of aryl methyl sites for hydroxylation is 1. The van der Waals surface area contributed by atoms with Gasteiger partial charge in [0.05, 0.1) is 11.7 Å². The van der Waals surface area contributed by atoms with Crippen molar-refractivity contribution in [3.63, 3.8) is 0 Å². The third kappa shape index (κ3) is 3.58. The largest absolute Gasteiger partial charge is 0.281 e. The Labute approximate surface area is 154 Å². The van der Waals surface area contributed by atoms with Crippen LogP contribution in [-0.4, -0.2) is 54.0 Å². The molecule has 3 rings (SSSR count). The minimum atomic E-state index is -3.41. The van der Waals surface area contributed by atoms with E-state index in [2.05, 4.69) is 5.10 Å². The van der Waals surface area contributed by atoms with Gasteiger partial charge in [0.1, 0.15) is 0 Å². The maximum absolute atomic E-state index is 12.5. The molecule has 0 spiro atoms. The Morgan fingerprint density at radius 2 is 1.73 bits per heavy atom. The molecule has 1 aromatic carbocycles. The summed E-state index contributed by atoms with van der Waals surface area (Å²) in [5.41, 5.74) is 2.45. The lowest BCUT2D eigenvalue weighted by molar-refractivity contribution is 0.247. The molecular weight excluding hydrogens is 352 g/mol. The molecule has 0 N–H and O–H groups in total. The Hall–Kier alpha value is -2.03. The third-order valence-corrected chi connectivity index (χ3v) is 6.69. The number of benzene rings is 1. The third-order valence-electron chi connectivity index (χ3n) is 4.75. The Kier molecular flexibility index (Phi) is 5.27. The van der Waals surface area contributed by atoms with E-state index in [0.29, 0.717) is 25.9 Å². The summed E-state index contributed by atoms with van der Waals surface area (Å²) in [5, 5.41) is 4.61. The number of rotatable bonds is 4. The molecule has 0 bridgehead atoms.